The molecule has 0 saturated heterocycles. The lowest BCUT2D eigenvalue weighted by molar-refractivity contribution is 0.350. The van der Waals surface area contributed by atoms with E-state index in [-0.39, 0.29) is 0 Å². The van der Waals surface area contributed by atoms with E-state index in [1.54, 1.807) is 20.3 Å². The van der Waals surface area contributed by atoms with Crippen LogP contribution in [0.5, 0.6) is 11.5 Å². The fraction of sp³-hybridized carbons (Fsp3) is 0.200. The molecule has 0 bridgehead atoms. The van der Waals surface area contributed by atoms with Gasteiger partial charge in [0, 0.05) is 5.56 Å². The van der Waals surface area contributed by atoms with E-state index < -0.39 is 6.04 Å². The molecule has 0 spiro atoms. The van der Waals surface area contributed by atoms with Crippen molar-refractivity contribution in [3.8, 4) is 11.5 Å². The predicted octanol–water partition coefficient (Wildman–Crippen LogP) is 4.06. The Morgan fingerprint density at radius 1 is 0.950 bits per heavy atom. The van der Waals surface area contributed by atoms with Crippen LogP contribution in [0.25, 0.3) is 0 Å². The third-order valence-electron chi connectivity index (χ3n) is 3.08. The van der Waals surface area contributed by atoms with Gasteiger partial charge in [-0.3, -0.25) is 0 Å². The summed E-state index contributed by atoms with van der Waals surface area (Å²) in [7, 11) is 3.16. The summed E-state index contributed by atoms with van der Waals surface area (Å²) in [4.78, 5) is 0. The molecule has 3 nitrogen and oxygen atoms in total. The minimum absolute atomic E-state index is 0.450. The summed E-state index contributed by atoms with van der Waals surface area (Å²) in [5.74, 6) is 1.22. The Morgan fingerprint density at radius 3 is 2.25 bits per heavy atom. The van der Waals surface area contributed by atoms with Crippen molar-refractivity contribution in [2.45, 2.75) is 6.04 Å². The molecular formula is C15H15Cl2NO2. The molecule has 0 amide bonds. The van der Waals surface area contributed by atoms with Gasteiger partial charge in [-0.1, -0.05) is 47.5 Å². The fourth-order valence-electron chi connectivity index (χ4n) is 2.09. The molecule has 1 unspecified atom stereocenters. The topological polar surface area (TPSA) is 44.5 Å². The molecule has 0 fully saturated rings. The van der Waals surface area contributed by atoms with Crippen molar-refractivity contribution in [3.05, 3.63) is 57.6 Å². The number of benzene rings is 2. The Morgan fingerprint density at radius 2 is 1.60 bits per heavy atom. The van der Waals surface area contributed by atoms with Crippen LogP contribution in [0.3, 0.4) is 0 Å². The van der Waals surface area contributed by atoms with Crippen LogP contribution in [-0.4, -0.2) is 14.2 Å². The molecule has 2 rings (SSSR count). The van der Waals surface area contributed by atoms with Gasteiger partial charge in [-0.25, -0.2) is 0 Å². The van der Waals surface area contributed by atoms with Crippen LogP contribution in [-0.2, 0) is 0 Å². The number of rotatable bonds is 4. The number of ether oxygens (including phenoxy) is 2. The molecular weight excluding hydrogens is 297 g/mol. The van der Waals surface area contributed by atoms with Crippen LogP contribution in [0.15, 0.2) is 36.4 Å². The highest BCUT2D eigenvalue weighted by atomic mass is 35.5. The molecule has 2 aromatic rings. The Bertz CT molecular complexity index is 617. The molecule has 0 saturated carbocycles. The molecule has 0 aliphatic rings. The smallest absolute Gasteiger partial charge is 0.165 e. The number of methoxy groups -OCH3 is 2. The second-order valence-corrected chi connectivity index (χ2v) is 4.99. The van der Waals surface area contributed by atoms with Gasteiger partial charge < -0.3 is 15.2 Å². The average Bonchev–Trinajstić information content (AvgIpc) is 2.48. The molecule has 2 N–H and O–H groups in total. The van der Waals surface area contributed by atoms with E-state index in [4.69, 9.17) is 38.4 Å². The Labute approximate surface area is 128 Å². The van der Waals surface area contributed by atoms with Crippen LogP contribution in [0.4, 0.5) is 0 Å². The van der Waals surface area contributed by atoms with E-state index in [0.29, 0.717) is 21.5 Å². The monoisotopic (exact) mass is 311 g/mol. The molecule has 0 heterocycles. The summed E-state index contributed by atoms with van der Waals surface area (Å²) in [5, 5.41) is 0.924. The molecule has 0 aliphatic carbocycles. The summed E-state index contributed by atoms with van der Waals surface area (Å²) < 4.78 is 10.7. The van der Waals surface area contributed by atoms with Crippen molar-refractivity contribution in [3.63, 3.8) is 0 Å². The maximum atomic E-state index is 6.31. The maximum absolute atomic E-state index is 6.31. The largest absolute Gasteiger partial charge is 0.493 e. The summed E-state index contributed by atoms with van der Waals surface area (Å²) in [6.07, 6.45) is 0. The molecule has 20 heavy (non-hydrogen) atoms. The van der Waals surface area contributed by atoms with Gasteiger partial charge in [0.15, 0.2) is 11.5 Å². The van der Waals surface area contributed by atoms with Gasteiger partial charge in [0.05, 0.1) is 30.3 Å². The van der Waals surface area contributed by atoms with Crippen molar-refractivity contribution in [1.29, 1.82) is 0 Å². The lowest BCUT2D eigenvalue weighted by Gasteiger charge is -2.19. The lowest BCUT2D eigenvalue weighted by Crippen LogP contribution is -2.14. The second-order valence-electron chi connectivity index (χ2n) is 4.20. The van der Waals surface area contributed by atoms with E-state index in [1.165, 1.54) is 0 Å². The SMILES string of the molecule is COc1cccc(C(N)c2cccc(Cl)c2Cl)c1OC. The third kappa shape index (κ3) is 2.70. The summed E-state index contributed by atoms with van der Waals surface area (Å²) in [6, 6.07) is 10.5. The normalized spacial score (nSPS) is 12.1. The fourth-order valence-corrected chi connectivity index (χ4v) is 2.51. The van der Waals surface area contributed by atoms with E-state index in [9.17, 15) is 0 Å². The first kappa shape index (κ1) is 15.0. The minimum Gasteiger partial charge on any atom is -0.493 e. The van der Waals surface area contributed by atoms with Crippen LogP contribution < -0.4 is 15.2 Å². The summed E-state index contributed by atoms with van der Waals surface area (Å²) in [6.45, 7) is 0. The molecule has 1 atom stereocenters. The Hall–Kier alpha value is -1.42. The van der Waals surface area contributed by atoms with E-state index in [1.807, 2.05) is 30.3 Å². The Balaban J connectivity index is 2.53. The summed E-state index contributed by atoms with van der Waals surface area (Å²) in [5.41, 5.74) is 7.84. The van der Waals surface area contributed by atoms with Crippen LogP contribution in [0.1, 0.15) is 17.2 Å². The second kappa shape index (κ2) is 6.35. The minimum atomic E-state index is -0.453. The maximum Gasteiger partial charge on any atom is 0.165 e. The third-order valence-corrected chi connectivity index (χ3v) is 3.92. The Kier molecular flexibility index (Phi) is 4.76. The number of hydrogen-bond acceptors (Lipinski definition) is 3. The quantitative estimate of drug-likeness (QED) is 0.926. The number of halogens is 2. The molecule has 0 aliphatic heterocycles. The molecule has 5 heteroatoms. The lowest BCUT2D eigenvalue weighted by atomic mass is 9.98. The van der Waals surface area contributed by atoms with Crippen LogP contribution >= 0.6 is 23.2 Å². The first-order chi connectivity index (χ1) is 9.60. The molecule has 0 aromatic heterocycles. The predicted molar refractivity (Wildman–Crippen MR) is 82.0 cm³/mol. The molecule has 106 valence electrons. The number of hydrogen-bond donors (Lipinski definition) is 1. The van der Waals surface area contributed by atoms with Gasteiger partial charge >= 0.3 is 0 Å². The van der Waals surface area contributed by atoms with Crippen molar-refractivity contribution in [1.82, 2.24) is 0 Å². The van der Waals surface area contributed by atoms with Gasteiger partial charge in [-0.05, 0) is 17.7 Å². The van der Waals surface area contributed by atoms with Crippen molar-refractivity contribution in [2.75, 3.05) is 14.2 Å². The van der Waals surface area contributed by atoms with E-state index in [2.05, 4.69) is 0 Å². The molecule has 0 radical (unpaired) electrons. The molecule has 2 aromatic carbocycles. The van der Waals surface area contributed by atoms with E-state index in [0.717, 1.165) is 11.1 Å². The first-order valence-electron chi connectivity index (χ1n) is 6.00. The highest BCUT2D eigenvalue weighted by Gasteiger charge is 2.20. The van der Waals surface area contributed by atoms with Gasteiger partial charge in [-0.15, -0.1) is 0 Å². The zero-order chi connectivity index (χ0) is 14.7. The average molecular weight is 312 g/mol. The highest BCUT2D eigenvalue weighted by Crippen LogP contribution is 2.39. The summed E-state index contributed by atoms with van der Waals surface area (Å²) >= 11 is 12.3. The first-order valence-corrected chi connectivity index (χ1v) is 6.76. The van der Waals surface area contributed by atoms with Crippen LogP contribution in [0, 0.1) is 0 Å². The van der Waals surface area contributed by atoms with Gasteiger partial charge in [0.1, 0.15) is 0 Å². The number of nitrogens with two attached hydrogens (primary N) is 1. The van der Waals surface area contributed by atoms with Crippen molar-refractivity contribution in [2.24, 2.45) is 5.73 Å². The van der Waals surface area contributed by atoms with Gasteiger partial charge in [0.2, 0.25) is 0 Å². The van der Waals surface area contributed by atoms with Crippen LogP contribution in [0.2, 0.25) is 10.0 Å². The highest BCUT2D eigenvalue weighted by molar-refractivity contribution is 6.42. The number of para-hydroxylation sites is 1. The van der Waals surface area contributed by atoms with Crippen molar-refractivity contribution < 1.29 is 9.47 Å². The van der Waals surface area contributed by atoms with Crippen molar-refractivity contribution >= 4 is 23.2 Å². The zero-order valence-electron chi connectivity index (χ0n) is 11.2. The standard InChI is InChI=1S/C15H15Cl2NO2/c1-19-12-8-4-6-10(15(12)20-2)14(18)9-5-3-7-11(16)13(9)17/h3-8,14H,18H2,1-2H3. The van der Waals surface area contributed by atoms with E-state index >= 15 is 0 Å². The van der Waals surface area contributed by atoms with Gasteiger partial charge in [0.25, 0.3) is 0 Å². The zero-order valence-corrected chi connectivity index (χ0v) is 12.7. The van der Waals surface area contributed by atoms with Gasteiger partial charge in [-0.2, -0.15) is 0 Å².